The van der Waals surface area contributed by atoms with Gasteiger partial charge in [-0.25, -0.2) is 0 Å². The zero-order valence-corrected chi connectivity index (χ0v) is 15.4. The summed E-state index contributed by atoms with van der Waals surface area (Å²) < 4.78 is 20.9. The Morgan fingerprint density at radius 1 is 0.963 bits per heavy atom. The Balaban J connectivity index is 2.15. The van der Waals surface area contributed by atoms with E-state index in [1.54, 1.807) is 7.11 Å². The second-order valence-corrected chi connectivity index (χ2v) is 5.50. The van der Waals surface area contributed by atoms with Gasteiger partial charge in [-0.05, 0) is 29.8 Å². The van der Waals surface area contributed by atoms with E-state index in [9.17, 15) is 9.59 Å². The molecule has 8 nitrogen and oxygen atoms in total. The van der Waals surface area contributed by atoms with Gasteiger partial charge in [0, 0.05) is 12.1 Å². The molecule has 2 amide bonds. The SMILES string of the molecule is COc1ccc(CNC(=O)c2cc(OC)c(OCC(N)=O)c(OC)c2)cc1. The van der Waals surface area contributed by atoms with Crippen molar-refractivity contribution in [3.8, 4) is 23.0 Å². The number of carbonyl (C=O) groups is 2. The van der Waals surface area contributed by atoms with E-state index in [4.69, 9.17) is 24.7 Å². The van der Waals surface area contributed by atoms with Crippen LogP contribution in [-0.2, 0) is 11.3 Å². The number of carbonyl (C=O) groups excluding carboxylic acids is 2. The van der Waals surface area contributed by atoms with Crippen molar-refractivity contribution < 1.29 is 28.5 Å². The maximum Gasteiger partial charge on any atom is 0.255 e. The van der Waals surface area contributed by atoms with Gasteiger partial charge in [-0.1, -0.05) is 12.1 Å². The number of hydrogen-bond donors (Lipinski definition) is 2. The highest BCUT2D eigenvalue weighted by molar-refractivity contribution is 5.95. The smallest absolute Gasteiger partial charge is 0.255 e. The minimum Gasteiger partial charge on any atom is -0.497 e. The van der Waals surface area contributed by atoms with Gasteiger partial charge in [0.1, 0.15) is 5.75 Å². The number of nitrogens with one attached hydrogen (secondary N) is 1. The first-order chi connectivity index (χ1) is 13.0. The van der Waals surface area contributed by atoms with Crippen molar-refractivity contribution in [1.82, 2.24) is 5.32 Å². The summed E-state index contributed by atoms with van der Waals surface area (Å²) in [5, 5.41) is 2.82. The first-order valence-corrected chi connectivity index (χ1v) is 8.06. The second-order valence-electron chi connectivity index (χ2n) is 5.50. The maximum absolute atomic E-state index is 12.5. The number of nitrogens with two attached hydrogens (primary N) is 1. The molecule has 0 aliphatic carbocycles. The van der Waals surface area contributed by atoms with E-state index >= 15 is 0 Å². The van der Waals surface area contributed by atoms with Crippen LogP contribution in [0.15, 0.2) is 36.4 Å². The molecule has 2 rings (SSSR count). The third-order valence-corrected chi connectivity index (χ3v) is 3.69. The average Bonchev–Trinajstić information content (AvgIpc) is 2.69. The third kappa shape index (κ3) is 5.27. The lowest BCUT2D eigenvalue weighted by Gasteiger charge is -2.15. The zero-order valence-electron chi connectivity index (χ0n) is 15.4. The van der Waals surface area contributed by atoms with E-state index in [-0.39, 0.29) is 29.8 Å². The summed E-state index contributed by atoms with van der Waals surface area (Å²) in [7, 11) is 4.43. The third-order valence-electron chi connectivity index (χ3n) is 3.69. The lowest BCUT2D eigenvalue weighted by atomic mass is 10.1. The molecule has 3 N–H and O–H groups in total. The van der Waals surface area contributed by atoms with E-state index in [1.165, 1.54) is 26.4 Å². The molecule has 0 saturated carbocycles. The molecular formula is C19H22N2O6. The van der Waals surface area contributed by atoms with Crippen LogP contribution in [-0.4, -0.2) is 39.8 Å². The minimum absolute atomic E-state index is 0.200. The number of hydrogen-bond acceptors (Lipinski definition) is 6. The van der Waals surface area contributed by atoms with Gasteiger partial charge < -0.3 is 30.0 Å². The van der Waals surface area contributed by atoms with Crippen LogP contribution >= 0.6 is 0 Å². The van der Waals surface area contributed by atoms with Gasteiger partial charge in [0.05, 0.1) is 21.3 Å². The fourth-order valence-corrected chi connectivity index (χ4v) is 2.32. The Labute approximate surface area is 157 Å². The normalized spacial score (nSPS) is 10.0. The number of amides is 2. The molecule has 0 aromatic heterocycles. The van der Waals surface area contributed by atoms with E-state index in [0.29, 0.717) is 12.1 Å². The molecule has 0 aliphatic heterocycles. The molecule has 144 valence electrons. The predicted octanol–water partition coefficient (Wildman–Crippen LogP) is 1.51. The molecule has 0 saturated heterocycles. The standard InChI is InChI=1S/C19H22N2O6/c1-24-14-6-4-12(5-7-14)10-21-19(23)13-8-15(25-2)18(16(9-13)26-3)27-11-17(20)22/h4-9H,10-11H2,1-3H3,(H2,20,22)(H,21,23). The number of ether oxygens (including phenoxy) is 4. The van der Waals surface area contributed by atoms with E-state index in [2.05, 4.69) is 5.32 Å². The topological polar surface area (TPSA) is 109 Å². The molecule has 0 atom stereocenters. The van der Waals surface area contributed by atoms with Crippen LogP contribution < -0.4 is 30.0 Å². The first kappa shape index (κ1) is 19.9. The van der Waals surface area contributed by atoms with Crippen molar-refractivity contribution in [1.29, 1.82) is 0 Å². The second kappa shape index (κ2) is 9.33. The summed E-state index contributed by atoms with van der Waals surface area (Å²) in [5.41, 5.74) is 6.34. The van der Waals surface area contributed by atoms with Crippen LogP contribution in [0.25, 0.3) is 0 Å². The van der Waals surface area contributed by atoms with Crippen molar-refractivity contribution in [2.24, 2.45) is 5.73 Å². The molecule has 0 spiro atoms. The highest BCUT2D eigenvalue weighted by Gasteiger charge is 2.18. The first-order valence-electron chi connectivity index (χ1n) is 8.06. The van der Waals surface area contributed by atoms with Crippen molar-refractivity contribution in [2.75, 3.05) is 27.9 Å². The molecule has 0 fully saturated rings. The van der Waals surface area contributed by atoms with Crippen LogP contribution in [0.1, 0.15) is 15.9 Å². The number of benzene rings is 2. The summed E-state index contributed by atoms with van der Waals surface area (Å²) in [6, 6.07) is 10.4. The Morgan fingerprint density at radius 3 is 2.04 bits per heavy atom. The Bertz CT molecular complexity index is 779. The highest BCUT2D eigenvalue weighted by Crippen LogP contribution is 2.38. The van der Waals surface area contributed by atoms with Crippen molar-refractivity contribution >= 4 is 11.8 Å². The molecule has 2 aromatic rings. The molecule has 0 bridgehead atoms. The Morgan fingerprint density at radius 2 is 1.56 bits per heavy atom. The van der Waals surface area contributed by atoms with E-state index in [1.807, 2.05) is 24.3 Å². The van der Waals surface area contributed by atoms with Gasteiger partial charge in [0.25, 0.3) is 11.8 Å². The van der Waals surface area contributed by atoms with Gasteiger partial charge >= 0.3 is 0 Å². The molecule has 8 heteroatoms. The minimum atomic E-state index is -0.639. The Hall–Kier alpha value is -3.42. The van der Waals surface area contributed by atoms with Gasteiger partial charge in [-0.2, -0.15) is 0 Å². The zero-order chi connectivity index (χ0) is 19.8. The van der Waals surface area contributed by atoms with E-state index in [0.717, 1.165) is 11.3 Å². The monoisotopic (exact) mass is 374 g/mol. The summed E-state index contributed by atoms with van der Waals surface area (Å²) in [6.07, 6.45) is 0. The van der Waals surface area contributed by atoms with Gasteiger partial charge in [-0.3, -0.25) is 9.59 Å². The molecule has 0 heterocycles. The molecule has 0 aliphatic rings. The summed E-state index contributed by atoms with van der Waals surface area (Å²) in [5.74, 6) is 0.497. The number of rotatable bonds is 9. The summed E-state index contributed by atoms with van der Waals surface area (Å²) in [4.78, 5) is 23.4. The molecule has 0 radical (unpaired) electrons. The Kier molecular flexibility index (Phi) is 6.87. The molecular weight excluding hydrogens is 352 g/mol. The highest BCUT2D eigenvalue weighted by atomic mass is 16.5. The van der Waals surface area contributed by atoms with Crippen LogP contribution in [0.3, 0.4) is 0 Å². The van der Waals surface area contributed by atoms with Crippen LogP contribution in [0.2, 0.25) is 0 Å². The van der Waals surface area contributed by atoms with Crippen molar-refractivity contribution in [3.63, 3.8) is 0 Å². The number of primary amides is 1. The quantitative estimate of drug-likeness (QED) is 0.689. The van der Waals surface area contributed by atoms with Gasteiger partial charge in [-0.15, -0.1) is 0 Å². The maximum atomic E-state index is 12.5. The largest absolute Gasteiger partial charge is 0.497 e. The van der Waals surface area contributed by atoms with Crippen LogP contribution in [0.5, 0.6) is 23.0 Å². The lowest BCUT2D eigenvalue weighted by molar-refractivity contribution is -0.120. The number of methoxy groups -OCH3 is 3. The van der Waals surface area contributed by atoms with Crippen LogP contribution in [0, 0.1) is 0 Å². The molecule has 27 heavy (non-hydrogen) atoms. The predicted molar refractivity (Wildman–Crippen MR) is 98.4 cm³/mol. The molecule has 2 aromatic carbocycles. The molecule has 0 unspecified atom stereocenters. The summed E-state index contributed by atoms with van der Waals surface area (Å²) in [6.45, 7) is 0.00309. The lowest BCUT2D eigenvalue weighted by Crippen LogP contribution is -2.23. The fourth-order valence-electron chi connectivity index (χ4n) is 2.32. The summed E-state index contributed by atoms with van der Waals surface area (Å²) >= 11 is 0. The average molecular weight is 374 g/mol. The fraction of sp³-hybridized carbons (Fsp3) is 0.263. The van der Waals surface area contributed by atoms with Crippen LogP contribution in [0.4, 0.5) is 0 Å². The van der Waals surface area contributed by atoms with Crippen molar-refractivity contribution in [3.05, 3.63) is 47.5 Å². The van der Waals surface area contributed by atoms with Gasteiger partial charge in [0.15, 0.2) is 18.1 Å². The van der Waals surface area contributed by atoms with E-state index < -0.39 is 5.91 Å². The van der Waals surface area contributed by atoms with Crippen molar-refractivity contribution in [2.45, 2.75) is 6.54 Å². The van der Waals surface area contributed by atoms with Gasteiger partial charge in [0.2, 0.25) is 5.75 Å².